The van der Waals surface area contributed by atoms with Crippen LogP contribution in [0.1, 0.15) is 18.2 Å². The fourth-order valence-corrected chi connectivity index (χ4v) is 5.11. The zero-order valence-electron chi connectivity index (χ0n) is 12.3. The van der Waals surface area contributed by atoms with E-state index in [4.69, 9.17) is 5.11 Å². The number of hydrogen-bond acceptors (Lipinski definition) is 6. The molecule has 3 aromatic rings. The van der Waals surface area contributed by atoms with E-state index in [-0.39, 0.29) is 12.0 Å². The maximum Gasteiger partial charge on any atom is 0.304 e. The molecule has 0 spiro atoms. The normalized spacial score (nSPS) is 11.2. The number of aliphatic carboxylic acids is 1. The molecule has 0 aliphatic heterocycles. The third-order valence-corrected chi connectivity index (χ3v) is 6.25. The van der Waals surface area contributed by atoms with Crippen LogP contribution in [0.25, 0.3) is 20.7 Å². The summed E-state index contributed by atoms with van der Waals surface area (Å²) in [5, 5.41) is 11.8. The van der Waals surface area contributed by atoms with Crippen molar-refractivity contribution in [3.8, 4) is 10.4 Å². The smallest absolute Gasteiger partial charge is 0.304 e. The van der Waals surface area contributed by atoms with E-state index in [1.165, 1.54) is 23.1 Å². The van der Waals surface area contributed by atoms with Crippen LogP contribution in [0.2, 0.25) is 0 Å². The van der Waals surface area contributed by atoms with Crippen molar-refractivity contribution in [1.82, 2.24) is 9.97 Å². The van der Waals surface area contributed by atoms with Gasteiger partial charge in [0.15, 0.2) is 5.16 Å². The van der Waals surface area contributed by atoms with Crippen molar-refractivity contribution in [2.75, 3.05) is 5.75 Å². The van der Waals surface area contributed by atoms with E-state index in [0.717, 1.165) is 21.7 Å². The molecule has 0 bridgehead atoms. The summed E-state index contributed by atoms with van der Waals surface area (Å²) < 4.78 is 0. The van der Waals surface area contributed by atoms with Gasteiger partial charge in [0, 0.05) is 21.1 Å². The molecular weight excluding hydrogens is 352 g/mol. The van der Waals surface area contributed by atoms with E-state index in [1.807, 2.05) is 17.5 Å². The monoisotopic (exact) mass is 366 g/mol. The van der Waals surface area contributed by atoms with Crippen LogP contribution in [-0.4, -0.2) is 26.8 Å². The second-order valence-corrected chi connectivity index (χ2v) is 7.89. The number of nitrogens with one attached hydrogen (secondary N) is 1. The number of carboxylic acids is 1. The number of thiophene rings is 2. The largest absolute Gasteiger partial charge is 0.481 e. The summed E-state index contributed by atoms with van der Waals surface area (Å²) in [5.74, 6) is -0.474. The Morgan fingerprint density at radius 3 is 2.96 bits per heavy atom. The standard InChI is InChI=1S/C15H14N2O3S3/c1-2-8-11(9-4-3-6-21-9)12-13(20)16-15(17-14(12)23-8)22-7-5-10(18)19/h3-4,6H,2,5,7H2,1H3,(H,18,19)(H,16,17,20). The van der Waals surface area contributed by atoms with Crippen LogP contribution < -0.4 is 5.56 Å². The molecule has 8 heteroatoms. The fourth-order valence-electron chi connectivity index (χ4n) is 2.27. The van der Waals surface area contributed by atoms with Crippen LogP contribution in [0.5, 0.6) is 0 Å². The predicted octanol–water partition coefficient (Wildman–Crippen LogP) is 3.84. The van der Waals surface area contributed by atoms with Crippen LogP contribution in [0.15, 0.2) is 27.5 Å². The molecule has 23 heavy (non-hydrogen) atoms. The topological polar surface area (TPSA) is 83.0 Å². The Hall–Kier alpha value is -1.64. The molecule has 120 valence electrons. The fraction of sp³-hybridized carbons (Fsp3) is 0.267. The molecule has 3 rings (SSSR count). The van der Waals surface area contributed by atoms with E-state index >= 15 is 0 Å². The van der Waals surface area contributed by atoms with Gasteiger partial charge in [-0.15, -0.1) is 22.7 Å². The van der Waals surface area contributed by atoms with Crippen LogP contribution in [0, 0.1) is 0 Å². The maximum absolute atomic E-state index is 12.5. The lowest BCUT2D eigenvalue weighted by Crippen LogP contribution is -2.09. The Morgan fingerprint density at radius 1 is 1.48 bits per heavy atom. The summed E-state index contributed by atoms with van der Waals surface area (Å²) in [4.78, 5) is 33.3. The summed E-state index contributed by atoms with van der Waals surface area (Å²) in [7, 11) is 0. The molecule has 0 saturated carbocycles. The number of hydrogen-bond donors (Lipinski definition) is 2. The molecule has 5 nitrogen and oxygen atoms in total. The molecule has 0 amide bonds. The first-order valence-corrected chi connectivity index (χ1v) is 9.72. The number of carbonyl (C=O) groups is 1. The first-order chi connectivity index (χ1) is 11.1. The summed E-state index contributed by atoms with van der Waals surface area (Å²) in [6, 6.07) is 3.99. The number of rotatable bonds is 6. The van der Waals surface area contributed by atoms with Crippen LogP contribution in [0.3, 0.4) is 0 Å². The highest BCUT2D eigenvalue weighted by molar-refractivity contribution is 7.99. The van der Waals surface area contributed by atoms with Gasteiger partial charge in [-0.05, 0) is 17.9 Å². The van der Waals surface area contributed by atoms with E-state index in [1.54, 1.807) is 11.3 Å². The van der Waals surface area contributed by atoms with Gasteiger partial charge >= 0.3 is 5.97 Å². The van der Waals surface area contributed by atoms with Gasteiger partial charge in [-0.2, -0.15) is 0 Å². The van der Waals surface area contributed by atoms with Crippen LogP contribution in [0.4, 0.5) is 0 Å². The summed E-state index contributed by atoms with van der Waals surface area (Å²) in [5.41, 5.74) is 0.825. The second kappa shape index (κ2) is 6.86. The molecule has 2 N–H and O–H groups in total. The quantitative estimate of drug-likeness (QED) is 0.511. The Kier molecular flexibility index (Phi) is 4.84. The number of carboxylic acid groups (broad SMARTS) is 1. The van der Waals surface area contributed by atoms with Crippen molar-refractivity contribution in [1.29, 1.82) is 0 Å². The summed E-state index contributed by atoms with van der Waals surface area (Å²) >= 11 is 4.41. The Morgan fingerprint density at radius 2 is 2.30 bits per heavy atom. The average Bonchev–Trinajstić information content (AvgIpc) is 3.13. The molecule has 3 heterocycles. The lowest BCUT2D eigenvalue weighted by Gasteiger charge is -2.01. The average molecular weight is 366 g/mol. The van der Waals surface area contributed by atoms with Gasteiger partial charge in [0.25, 0.3) is 5.56 Å². The second-order valence-electron chi connectivity index (χ2n) is 4.77. The molecular formula is C15H14N2O3S3. The lowest BCUT2D eigenvalue weighted by molar-refractivity contribution is -0.136. The van der Waals surface area contributed by atoms with Crippen LogP contribution in [-0.2, 0) is 11.2 Å². The molecule has 0 aromatic carbocycles. The number of thioether (sulfide) groups is 1. The predicted molar refractivity (Wildman–Crippen MR) is 95.9 cm³/mol. The highest BCUT2D eigenvalue weighted by atomic mass is 32.2. The van der Waals surface area contributed by atoms with E-state index in [0.29, 0.717) is 21.1 Å². The highest BCUT2D eigenvalue weighted by Gasteiger charge is 2.18. The maximum atomic E-state index is 12.5. The molecule has 0 aliphatic carbocycles. The van der Waals surface area contributed by atoms with Crippen molar-refractivity contribution >= 4 is 50.6 Å². The number of fused-ring (bicyclic) bond motifs is 1. The molecule has 0 atom stereocenters. The van der Waals surface area contributed by atoms with Crippen molar-refractivity contribution < 1.29 is 9.90 Å². The van der Waals surface area contributed by atoms with E-state index in [9.17, 15) is 9.59 Å². The van der Waals surface area contributed by atoms with Gasteiger partial charge in [-0.25, -0.2) is 4.98 Å². The lowest BCUT2D eigenvalue weighted by atomic mass is 10.1. The van der Waals surface area contributed by atoms with Gasteiger partial charge < -0.3 is 10.1 Å². The van der Waals surface area contributed by atoms with Gasteiger partial charge in [0.05, 0.1) is 11.8 Å². The van der Waals surface area contributed by atoms with Crippen molar-refractivity contribution in [3.63, 3.8) is 0 Å². The number of nitrogens with zero attached hydrogens (tertiary/aromatic N) is 1. The Bertz CT molecular complexity index is 897. The molecule has 0 saturated heterocycles. The molecule has 3 aromatic heterocycles. The van der Waals surface area contributed by atoms with E-state index in [2.05, 4.69) is 16.9 Å². The molecule has 0 unspecified atom stereocenters. The minimum atomic E-state index is -0.856. The third kappa shape index (κ3) is 3.34. The number of aromatic nitrogens is 2. The van der Waals surface area contributed by atoms with Crippen LogP contribution >= 0.6 is 34.4 Å². The number of H-pyrrole nitrogens is 1. The summed E-state index contributed by atoms with van der Waals surface area (Å²) in [6.45, 7) is 2.07. The van der Waals surface area contributed by atoms with E-state index < -0.39 is 5.97 Å². The minimum Gasteiger partial charge on any atom is -0.481 e. The first-order valence-electron chi connectivity index (χ1n) is 7.04. The first kappa shape index (κ1) is 16.2. The van der Waals surface area contributed by atoms with Gasteiger partial charge in [-0.1, -0.05) is 24.8 Å². The zero-order valence-corrected chi connectivity index (χ0v) is 14.7. The number of aryl methyl sites for hydroxylation is 1. The van der Waals surface area contributed by atoms with Gasteiger partial charge in [0.1, 0.15) is 4.83 Å². The molecule has 0 fully saturated rings. The van der Waals surface area contributed by atoms with Gasteiger partial charge in [-0.3, -0.25) is 9.59 Å². The number of aromatic amines is 1. The minimum absolute atomic E-state index is 0.0392. The highest BCUT2D eigenvalue weighted by Crippen LogP contribution is 2.38. The van der Waals surface area contributed by atoms with Crippen molar-refractivity contribution in [2.45, 2.75) is 24.9 Å². The molecule has 0 aliphatic rings. The Labute approximate surface area is 144 Å². The molecule has 0 radical (unpaired) electrons. The zero-order chi connectivity index (χ0) is 16.4. The third-order valence-electron chi connectivity index (χ3n) is 3.26. The van der Waals surface area contributed by atoms with Crippen molar-refractivity contribution in [3.05, 3.63) is 32.7 Å². The summed E-state index contributed by atoms with van der Waals surface area (Å²) in [6.07, 6.45) is 0.882. The van der Waals surface area contributed by atoms with Crippen molar-refractivity contribution in [2.24, 2.45) is 0 Å². The SMILES string of the molecule is CCc1sc2nc(SCCC(=O)O)[nH]c(=O)c2c1-c1cccs1. The van der Waals surface area contributed by atoms with Gasteiger partial charge in [0.2, 0.25) is 0 Å². The Balaban J connectivity index is 2.05.